The first-order valence-electron chi connectivity index (χ1n) is 7.65. The van der Waals surface area contributed by atoms with Crippen molar-refractivity contribution in [1.29, 1.82) is 0 Å². The number of nitrogens with one attached hydrogen (secondary N) is 1. The van der Waals surface area contributed by atoms with Gasteiger partial charge < -0.3 is 9.84 Å². The summed E-state index contributed by atoms with van der Waals surface area (Å²) in [4.78, 5) is 13.0. The third kappa shape index (κ3) is 2.98. The fourth-order valence-corrected chi connectivity index (χ4v) is 2.76. The van der Waals surface area contributed by atoms with Crippen LogP contribution < -0.4 is 5.32 Å². The van der Waals surface area contributed by atoms with Gasteiger partial charge in [0.15, 0.2) is 0 Å². The fourth-order valence-electron chi connectivity index (χ4n) is 2.76. The molecule has 0 saturated heterocycles. The normalized spacial score (nSPS) is 17.2. The van der Waals surface area contributed by atoms with Crippen LogP contribution in [0.1, 0.15) is 24.0 Å². The fraction of sp³-hybridized carbons (Fsp3) is 0.400. The Morgan fingerprint density at radius 3 is 3.17 bits per heavy atom. The summed E-state index contributed by atoms with van der Waals surface area (Å²) in [5.74, 6) is 2.97. The highest BCUT2D eigenvalue weighted by Gasteiger charge is 2.21. The zero-order valence-electron chi connectivity index (χ0n) is 12.8. The van der Waals surface area contributed by atoms with E-state index in [-0.39, 0.29) is 0 Å². The Kier molecular flexibility index (Phi) is 3.58. The van der Waals surface area contributed by atoms with E-state index in [4.69, 9.17) is 4.52 Å². The van der Waals surface area contributed by atoms with Gasteiger partial charge in [-0.1, -0.05) is 11.2 Å². The molecule has 0 spiro atoms. The summed E-state index contributed by atoms with van der Waals surface area (Å²) < 4.78 is 7.26. The van der Waals surface area contributed by atoms with Crippen molar-refractivity contribution >= 4 is 0 Å². The zero-order valence-corrected chi connectivity index (χ0v) is 12.8. The third-order valence-corrected chi connectivity index (χ3v) is 3.87. The topological polar surface area (TPSA) is 94.6 Å². The van der Waals surface area contributed by atoms with E-state index in [9.17, 15) is 0 Å². The molecule has 4 heterocycles. The van der Waals surface area contributed by atoms with Crippen LogP contribution >= 0.6 is 0 Å². The lowest BCUT2D eigenvalue weighted by molar-refractivity contribution is 0.320. The van der Waals surface area contributed by atoms with E-state index in [2.05, 4.69) is 30.5 Å². The van der Waals surface area contributed by atoms with E-state index in [0.29, 0.717) is 30.0 Å². The Bertz CT molecular complexity index is 795. The first kappa shape index (κ1) is 14.0. The van der Waals surface area contributed by atoms with Crippen molar-refractivity contribution < 1.29 is 4.52 Å². The molecule has 0 radical (unpaired) electrons. The molecular weight excluding hydrogens is 294 g/mol. The Balaban J connectivity index is 1.38. The predicted octanol–water partition coefficient (Wildman–Crippen LogP) is 1.14. The summed E-state index contributed by atoms with van der Waals surface area (Å²) in [6.45, 7) is 3.27. The third-order valence-electron chi connectivity index (χ3n) is 3.87. The summed E-state index contributed by atoms with van der Waals surface area (Å²) in [5, 5.41) is 11.8. The maximum absolute atomic E-state index is 5.29. The summed E-state index contributed by atoms with van der Waals surface area (Å²) in [6, 6.07) is 5.94. The van der Waals surface area contributed by atoms with E-state index in [0.717, 1.165) is 31.0 Å². The highest BCUT2D eigenvalue weighted by atomic mass is 16.5. The van der Waals surface area contributed by atoms with Gasteiger partial charge in [0, 0.05) is 18.7 Å². The Hall–Kier alpha value is -2.61. The highest BCUT2D eigenvalue weighted by Crippen LogP contribution is 2.14. The first-order valence-corrected chi connectivity index (χ1v) is 7.65. The number of fused-ring (bicyclic) bond motifs is 1. The second kappa shape index (κ2) is 5.88. The molecular formula is C15H17N7O. The van der Waals surface area contributed by atoms with Gasteiger partial charge >= 0.3 is 0 Å². The predicted molar refractivity (Wildman–Crippen MR) is 81.2 cm³/mol. The minimum Gasteiger partial charge on any atom is -0.337 e. The van der Waals surface area contributed by atoms with E-state index >= 15 is 0 Å². The molecule has 0 bridgehead atoms. The lowest BCUT2D eigenvalue weighted by Gasteiger charge is -2.22. The van der Waals surface area contributed by atoms with Crippen LogP contribution in [0.5, 0.6) is 0 Å². The number of aromatic nitrogens is 6. The second-order valence-corrected chi connectivity index (χ2v) is 5.60. The van der Waals surface area contributed by atoms with Crippen molar-refractivity contribution in [2.24, 2.45) is 0 Å². The van der Waals surface area contributed by atoms with Crippen LogP contribution in [-0.2, 0) is 19.5 Å². The van der Waals surface area contributed by atoms with Gasteiger partial charge in [-0.15, -0.1) is 0 Å². The molecule has 8 heteroatoms. The van der Waals surface area contributed by atoms with E-state index in [1.165, 1.54) is 0 Å². The summed E-state index contributed by atoms with van der Waals surface area (Å²) in [5.41, 5.74) is 0.711. The van der Waals surface area contributed by atoms with Crippen molar-refractivity contribution in [3.8, 4) is 11.5 Å². The monoisotopic (exact) mass is 311 g/mol. The summed E-state index contributed by atoms with van der Waals surface area (Å²) in [7, 11) is 0. The maximum atomic E-state index is 5.29. The van der Waals surface area contributed by atoms with Crippen molar-refractivity contribution in [2.75, 3.05) is 0 Å². The highest BCUT2D eigenvalue weighted by molar-refractivity contribution is 5.46. The molecule has 4 rings (SSSR count). The average Bonchev–Trinajstić information content (AvgIpc) is 3.18. The minimum atomic E-state index is 0.328. The van der Waals surface area contributed by atoms with Crippen molar-refractivity contribution in [2.45, 2.75) is 38.9 Å². The summed E-state index contributed by atoms with van der Waals surface area (Å²) >= 11 is 0. The molecule has 1 aliphatic heterocycles. The summed E-state index contributed by atoms with van der Waals surface area (Å²) in [6.07, 6.45) is 3.67. The van der Waals surface area contributed by atoms with Crippen molar-refractivity contribution in [1.82, 2.24) is 35.2 Å². The SMILES string of the molecule is Cc1nc2n(n1)CC(NCc1nc(-c3ccccn3)no1)CC2. The molecule has 118 valence electrons. The number of aryl methyl sites for hydroxylation is 2. The van der Waals surface area contributed by atoms with Gasteiger partial charge in [0.2, 0.25) is 11.7 Å². The second-order valence-electron chi connectivity index (χ2n) is 5.60. The molecule has 0 saturated carbocycles. The number of rotatable bonds is 4. The van der Waals surface area contributed by atoms with E-state index < -0.39 is 0 Å². The standard InChI is InChI=1S/C15H17N7O/c1-10-18-13-6-5-11(9-22(13)20-10)17-8-14-19-15(21-23-14)12-4-2-3-7-16-12/h2-4,7,11,17H,5-6,8-9H2,1H3. The minimum absolute atomic E-state index is 0.328. The van der Waals surface area contributed by atoms with Crippen LogP contribution in [0.3, 0.4) is 0 Å². The molecule has 8 nitrogen and oxygen atoms in total. The molecule has 0 amide bonds. The molecule has 0 aliphatic carbocycles. The van der Waals surface area contributed by atoms with Crippen molar-refractivity contribution in [3.05, 3.63) is 41.9 Å². The van der Waals surface area contributed by atoms with E-state index in [1.54, 1.807) is 6.20 Å². The number of nitrogens with zero attached hydrogens (tertiary/aromatic N) is 6. The van der Waals surface area contributed by atoms with Crippen LogP contribution in [0.2, 0.25) is 0 Å². The largest absolute Gasteiger partial charge is 0.337 e. The smallest absolute Gasteiger partial charge is 0.240 e. The first-order chi connectivity index (χ1) is 11.3. The lowest BCUT2D eigenvalue weighted by Crippen LogP contribution is -2.37. The average molecular weight is 311 g/mol. The molecule has 1 unspecified atom stereocenters. The van der Waals surface area contributed by atoms with Gasteiger partial charge in [-0.2, -0.15) is 10.1 Å². The Morgan fingerprint density at radius 1 is 1.35 bits per heavy atom. The molecule has 23 heavy (non-hydrogen) atoms. The Morgan fingerprint density at radius 2 is 2.30 bits per heavy atom. The number of hydrogen-bond acceptors (Lipinski definition) is 7. The van der Waals surface area contributed by atoms with Gasteiger partial charge in [-0.3, -0.25) is 4.98 Å². The molecule has 1 N–H and O–H groups in total. The molecule has 3 aromatic heterocycles. The van der Waals surface area contributed by atoms with Crippen LogP contribution in [0.15, 0.2) is 28.9 Å². The van der Waals surface area contributed by atoms with Crippen LogP contribution in [0.4, 0.5) is 0 Å². The quantitative estimate of drug-likeness (QED) is 0.772. The zero-order chi connectivity index (χ0) is 15.6. The van der Waals surface area contributed by atoms with Gasteiger partial charge in [0.1, 0.15) is 17.3 Å². The van der Waals surface area contributed by atoms with Crippen molar-refractivity contribution in [3.63, 3.8) is 0 Å². The van der Waals surface area contributed by atoms with Crippen LogP contribution in [-0.4, -0.2) is 35.9 Å². The van der Waals surface area contributed by atoms with Gasteiger partial charge in [0.25, 0.3) is 0 Å². The molecule has 1 atom stereocenters. The molecule has 0 aromatic carbocycles. The number of pyridine rings is 1. The van der Waals surface area contributed by atoms with Crippen LogP contribution in [0, 0.1) is 6.92 Å². The number of hydrogen-bond donors (Lipinski definition) is 1. The maximum Gasteiger partial charge on any atom is 0.240 e. The molecule has 1 aliphatic rings. The van der Waals surface area contributed by atoms with Crippen LogP contribution in [0.25, 0.3) is 11.5 Å². The van der Waals surface area contributed by atoms with Gasteiger partial charge in [-0.25, -0.2) is 9.67 Å². The Labute approximate surface area is 133 Å². The molecule has 3 aromatic rings. The van der Waals surface area contributed by atoms with Gasteiger partial charge in [-0.05, 0) is 25.5 Å². The lowest BCUT2D eigenvalue weighted by atomic mass is 10.1. The van der Waals surface area contributed by atoms with E-state index in [1.807, 2.05) is 29.8 Å². The molecule has 0 fully saturated rings. The van der Waals surface area contributed by atoms with Gasteiger partial charge in [0.05, 0.1) is 13.1 Å².